The molecule has 1 aliphatic carbocycles. The molecule has 0 radical (unpaired) electrons. The van der Waals surface area contributed by atoms with E-state index in [9.17, 15) is 10.1 Å². The van der Waals surface area contributed by atoms with Crippen LogP contribution in [0.25, 0.3) is 0 Å². The number of carbonyl (C=O) groups is 1. The van der Waals surface area contributed by atoms with Crippen molar-refractivity contribution in [3.05, 3.63) is 55.4 Å². The van der Waals surface area contributed by atoms with Crippen molar-refractivity contribution in [2.45, 2.75) is 26.2 Å². The molecule has 2 aromatic rings. The van der Waals surface area contributed by atoms with Gasteiger partial charge in [0.2, 0.25) is 0 Å². The first-order valence-electron chi connectivity index (χ1n) is 7.65. The summed E-state index contributed by atoms with van der Waals surface area (Å²) >= 11 is 12.7. The topological polar surface area (TPSA) is 52.9 Å². The Labute approximate surface area is 154 Å². The Bertz CT molecular complexity index is 897. The van der Waals surface area contributed by atoms with Crippen molar-refractivity contribution >= 4 is 46.1 Å². The fraction of sp³-hybridized carbons (Fsp3) is 0.278. The van der Waals surface area contributed by atoms with E-state index in [1.54, 1.807) is 24.3 Å². The third-order valence-corrected chi connectivity index (χ3v) is 5.91. The number of rotatable bonds is 2. The van der Waals surface area contributed by atoms with Gasteiger partial charge in [0.1, 0.15) is 11.1 Å². The smallest absolute Gasteiger partial charge is 0.256 e. The Balaban J connectivity index is 1.98. The van der Waals surface area contributed by atoms with Gasteiger partial charge in [0.05, 0.1) is 9.39 Å². The zero-order chi connectivity index (χ0) is 17.3. The molecule has 24 heavy (non-hydrogen) atoms. The Kier molecular flexibility index (Phi) is 5.00. The Morgan fingerprint density at radius 3 is 2.75 bits per heavy atom. The molecule has 0 bridgehead atoms. The van der Waals surface area contributed by atoms with Gasteiger partial charge in [-0.3, -0.25) is 4.79 Å². The summed E-state index contributed by atoms with van der Waals surface area (Å²) in [5.74, 6) is 0.311. The van der Waals surface area contributed by atoms with Crippen LogP contribution in [0.15, 0.2) is 24.3 Å². The second kappa shape index (κ2) is 7.02. The third kappa shape index (κ3) is 3.36. The second-order valence-corrected chi connectivity index (χ2v) is 8.10. The van der Waals surface area contributed by atoms with Gasteiger partial charge in [0, 0.05) is 10.6 Å². The summed E-state index contributed by atoms with van der Waals surface area (Å²) in [6.07, 6.45) is 2.78. The van der Waals surface area contributed by atoms with Crippen LogP contribution >= 0.6 is 35.2 Å². The molecule has 1 heterocycles. The van der Waals surface area contributed by atoms with Crippen LogP contribution in [0.2, 0.25) is 5.02 Å². The molecule has 3 rings (SSSR count). The number of halogens is 1. The molecule has 0 spiro atoms. The van der Waals surface area contributed by atoms with E-state index in [0.29, 0.717) is 27.1 Å². The van der Waals surface area contributed by atoms with Crippen molar-refractivity contribution in [1.29, 1.82) is 5.26 Å². The van der Waals surface area contributed by atoms with Gasteiger partial charge in [0.15, 0.2) is 0 Å². The average Bonchev–Trinajstić information content (AvgIpc) is 2.56. The summed E-state index contributed by atoms with van der Waals surface area (Å²) in [6, 6.07) is 8.90. The Hall–Kier alpha value is -1.74. The average molecular weight is 375 g/mol. The molecule has 1 amide bonds. The van der Waals surface area contributed by atoms with Crippen molar-refractivity contribution in [1.82, 2.24) is 0 Å². The molecule has 0 aliphatic heterocycles. The van der Waals surface area contributed by atoms with E-state index in [0.717, 1.165) is 34.2 Å². The molecule has 122 valence electrons. The molecule has 1 N–H and O–H groups in total. The van der Waals surface area contributed by atoms with Crippen LogP contribution in [0.3, 0.4) is 0 Å². The van der Waals surface area contributed by atoms with E-state index < -0.39 is 0 Å². The second-order valence-electron chi connectivity index (χ2n) is 5.97. The first kappa shape index (κ1) is 17.1. The van der Waals surface area contributed by atoms with Crippen LogP contribution in [-0.4, -0.2) is 5.91 Å². The maximum atomic E-state index is 12.4. The number of hydrogen-bond acceptors (Lipinski definition) is 4. The normalized spacial score (nSPS) is 16.1. The number of nitriles is 1. The molecule has 1 aromatic carbocycles. The summed E-state index contributed by atoms with van der Waals surface area (Å²) in [5.41, 5.74) is 3.16. The fourth-order valence-electron chi connectivity index (χ4n) is 2.92. The van der Waals surface area contributed by atoms with E-state index in [1.807, 2.05) is 0 Å². The highest BCUT2D eigenvalue weighted by Gasteiger charge is 2.23. The molecule has 0 saturated carbocycles. The molecular formula is C18H15ClN2OS2. The quantitative estimate of drug-likeness (QED) is 0.718. The lowest BCUT2D eigenvalue weighted by atomic mass is 9.85. The van der Waals surface area contributed by atoms with E-state index >= 15 is 0 Å². The number of anilines is 1. The number of fused-ring (bicyclic) bond motifs is 1. The highest BCUT2D eigenvalue weighted by molar-refractivity contribution is 7.73. The molecular weight excluding hydrogens is 360 g/mol. The minimum Gasteiger partial charge on any atom is -0.312 e. The summed E-state index contributed by atoms with van der Waals surface area (Å²) in [6.45, 7) is 2.20. The molecule has 1 aromatic heterocycles. The van der Waals surface area contributed by atoms with Crippen LogP contribution in [0.1, 0.15) is 40.4 Å². The van der Waals surface area contributed by atoms with Gasteiger partial charge in [-0.15, -0.1) is 11.3 Å². The number of amides is 1. The predicted octanol–water partition coefficient (Wildman–Crippen LogP) is 5.38. The number of benzene rings is 1. The standard InChI is InChI=1S/C18H15ClN2OS2/c1-10-2-7-13-14(8-10)18(23)24-17(15(13)9-20)21-16(22)11-3-5-12(19)6-4-11/h3-6,10H,2,7-8H2,1H3,(H,21,22). The van der Waals surface area contributed by atoms with Gasteiger partial charge in [-0.05, 0) is 60.6 Å². The minimum atomic E-state index is -0.266. The van der Waals surface area contributed by atoms with Crippen molar-refractivity contribution < 1.29 is 4.79 Å². The van der Waals surface area contributed by atoms with Gasteiger partial charge in [-0.2, -0.15) is 5.26 Å². The van der Waals surface area contributed by atoms with Gasteiger partial charge < -0.3 is 5.32 Å². The van der Waals surface area contributed by atoms with E-state index in [1.165, 1.54) is 11.3 Å². The summed E-state index contributed by atoms with van der Waals surface area (Å²) in [5, 5.41) is 13.6. The minimum absolute atomic E-state index is 0.266. The van der Waals surface area contributed by atoms with Crippen LogP contribution in [0, 0.1) is 21.1 Å². The summed E-state index contributed by atoms with van der Waals surface area (Å²) < 4.78 is 0.766. The molecule has 1 atom stereocenters. The van der Waals surface area contributed by atoms with Gasteiger partial charge in [-0.25, -0.2) is 0 Å². The monoisotopic (exact) mass is 374 g/mol. The van der Waals surface area contributed by atoms with Crippen LogP contribution in [0.5, 0.6) is 0 Å². The molecule has 1 aliphatic rings. The lowest BCUT2D eigenvalue weighted by Crippen LogP contribution is -2.16. The van der Waals surface area contributed by atoms with Crippen molar-refractivity contribution in [3.8, 4) is 6.07 Å². The SMILES string of the molecule is CC1CCc2c(C#N)c(NC(=O)c3ccc(Cl)cc3)sc(=S)c2C1. The van der Waals surface area contributed by atoms with Gasteiger partial charge in [0.25, 0.3) is 5.91 Å². The van der Waals surface area contributed by atoms with Crippen LogP contribution < -0.4 is 5.32 Å². The van der Waals surface area contributed by atoms with Crippen molar-refractivity contribution in [2.24, 2.45) is 5.92 Å². The third-order valence-electron chi connectivity index (χ3n) is 4.22. The summed E-state index contributed by atoms with van der Waals surface area (Å²) in [4.78, 5) is 12.4. The van der Waals surface area contributed by atoms with Crippen molar-refractivity contribution in [2.75, 3.05) is 5.32 Å². The maximum Gasteiger partial charge on any atom is 0.256 e. The number of hydrogen-bond donors (Lipinski definition) is 1. The van der Waals surface area contributed by atoms with Crippen LogP contribution in [0.4, 0.5) is 5.00 Å². The number of nitrogens with one attached hydrogen (secondary N) is 1. The van der Waals surface area contributed by atoms with E-state index in [2.05, 4.69) is 18.3 Å². The fourth-order valence-corrected chi connectivity index (χ4v) is 4.44. The first-order valence-corrected chi connectivity index (χ1v) is 9.25. The molecule has 3 nitrogen and oxygen atoms in total. The zero-order valence-corrected chi connectivity index (χ0v) is 15.4. The van der Waals surface area contributed by atoms with Crippen molar-refractivity contribution in [3.63, 3.8) is 0 Å². The maximum absolute atomic E-state index is 12.4. The van der Waals surface area contributed by atoms with Gasteiger partial charge >= 0.3 is 0 Å². The molecule has 6 heteroatoms. The summed E-state index contributed by atoms with van der Waals surface area (Å²) in [7, 11) is 0. The highest BCUT2D eigenvalue weighted by Crippen LogP contribution is 2.36. The molecule has 0 saturated heterocycles. The number of nitrogens with zero attached hydrogens (tertiary/aromatic N) is 1. The molecule has 1 unspecified atom stereocenters. The Morgan fingerprint density at radius 2 is 2.08 bits per heavy atom. The zero-order valence-electron chi connectivity index (χ0n) is 13.1. The first-order chi connectivity index (χ1) is 11.5. The van der Waals surface area contributed by atoms with E-state index in [4.69, 9.17) is 23.8 Å². The predicted molar refractivity (Wildman–Crippen MR) is 100 cm³/mol. The largest absolute Gasteiger partial charge is 0.312 e. The lowest BCUT2D eigenvalue weighted by molar-refractivity contribution is 0.102. The molecule has 0 fully saturated rings. The van der Waals surface area contributed by atoms with Gasteiger partial charge in [-0.1, -0.05) is 30.7 Å². The van der Waals surface area contributed by atoms with E-state index in [-0.39, 0.29) is 5.91 Å². The lowest BCUT2D eigenvalue weighted by Gasteiger charge is -2.23. The highest BCUT2D eigenvalue weighted by atomic mass is 35.5. The number of carbonyl (C=O) groups excluding carboxylic acids is 1. The van der Waals surface area contributed by atoms with Crippen LogP contribution in [-0.2, 0) is 12.8 Å². The Morgan fingerprint density at radius 1 is 1.38 bits per heavy atom.